The highest BCUT2D eigenvalue weighted by Crippen LogP contribution is 2.19. The highest BCUT2D eigenvalue weighted by Gasteiger charge is 2.19. The molecule has 21 heavy (non-hydrogen) atoms. The molecule has 0 spiro atoms. The Balaban J connectivity index is 1.97. The minimum Gasteiger partial charge on any atom is -0.361 e. The lowest BCUT2D eigenvalue weighted by Crippen LogP contribution is -2.43. The SMILES string of the molecule is CCCCCN(C)C(=O)[C@H](N)Cc1c[nH]c2ccccc12. The Morgan fingerprint density at radius 2 is 2.10 bits per heavy atom. The number of aromatic nitrogens is 1. The summed E-state index contributed by atoms with van der Waals surface area (Å²) in [6, 6.07) is 7.61. The van der Waals surface area contributed by atoms with E-state index in [0.29, 0.717) is 6.42 Å². The number of benzene rings is 1. The molecule has 1 heterocycles. The number of H-pyrrole nitrogens is 1. The fraction of sp³-hybridized carbons (Fsp3) is 0.471. The van der Waals surface area contributed by atoms with Gasteiger partial charge < -0.3 is 15.6 Å². The maximum absolute atomic E-state index is 12.3. The Hall–Kier alpha value is -1.81. The molecule has 3 N–H and O–H groups in total. The van der Waals surface area contributed by atoms with Crippen LogP contribution in [0.25, 0.3) is 10.9 Å². The molecule has 0 saturated heterocycles. The van der Waals surface area contributed by atoms with Crippen molar-refractivity contribution in [1.29, 1.82) is 0 Å². The summed E-state index contributed by atoms with van der Waals surface area (Å²) in [5.41, 5.74) is 8.29. The number of hydrogen-bond donors (Lipinski definition) is 2. The maximum Gasteiger partial charge on any atom is 0.239 e. The van der Waals surface area contributed by atoms with Crippen LogP contribution in [0.4, 0.5) is 0 Å². The molecule has 114 valence electrons. The molecule has 4 heteroatoms. The number of likely N-dealkylation sites (N-methyl/N-ethyl adjacent to an activating group) is 1. The molecule has 0 aliphatic carbocycles. The van der Waals surface area contributed by atoms with Crippen LogP contribution in [0, 0.1) is 0 Å². The Labute approximate surface area is 126 Å². The maximum atomic E-state index is 12.3. The number of para-hydroxylation sites is 1. The van der Waals surface area contributed by atoms with E-state index in [1.165, 1.54) is 0 Å². The molecule has 0 fully saturated rings. The van der Waals surface area contributed by atoms with Crippen LogP contribution in [-0.2, 0) is 11.2 Å². The van der Waals surface area contributed by atoms with Crippen molar-refractivity contribution in [2.45, 2.75) is 38.6 Å². The predicted molar refractivity (Wildman–Crippen MR) is 87.1 cm³/mol. The van der Waals surface area contributed by atoms with Crippen molar-refractivity contribution in [3.05, 3.63) is 36.0 Å². The average molecular weight is 287 g/mol. The second-order valence-electron chi connectivity index (χ2n) is 5.64. The number of amides is 1. The van der Waals surface area contributed by atoms with E-state index in [1.807, 2.05) is 31.4 Å². The largest absolute Gasteiger partial charge is 0.361 e. The van der Waals surface area contributed by atoms with Gasteiger partial charge in [0.2, 0.25) is 5.91 Å². The molecule has 0 aliphatic heterocycles. The summed E-state index contributed by atoms with van der Waals surface area (Å²) in [5.74, 6) is 0.0244. The van der Waals surface area contributed by atoms with Crippen LogP contribution in [-0.4, -0.2) is 35.4 Å². The fourth-order valence-electron chi connectivity index (χ4n) is 2.62. The quantitative estimate of drug-likeness (QED) is 0.769. The second kappa shape index (κ2) is 7.27. The van der Waals surface area contributed by atoms with Gasteiger partial charge in [-0.1, -0.05) is 38.0 Å². The van der Waals surface area contributed by atoms with Crippen LogP contribution in [0.2, 0.25) is 0 Å². The molecular weight excluding hydrogens is 262 g/mol. The topological polar surface area (TPSA) is 62.1 Å². The third kappa shape index (κ3) is 3.85. The van der Waals surface area contributed by atoms with Gasteiger partial charge in [0.15, 0.2) is 0 Å². The van der Waals surface area contributed by atoms with E-state index in [1.54, 1.807) is 4.90 Å². The first-order valence-corrected chi connectivity index (χ1v) is 7.69. The summed E-state index contributed by atoms with van der Waals surface area (Å²) in [6.45, 7) is 2.94. The number of rotatable bonds is 7. The monoisotopic (exact) mass is 287 g/mol. The van der Waals surface area contributed by atoms with Crippen LogP contribution in [0.15, 0.2) is 30.5 Å². The normalized spacial score (nSPS) is 12.5. The molecule has 1 atom stereocenters. The van der Waals surface area contributed by atoms with Gasteiger partial charge in [0, 0.05) is 30.7 Å². The first kappa shape index (κ1) is 15.6. The lowest BCUT2D eigenvalue weighted by atomic mass is 10.0. The van der Waals surface area contributed by atoms with Gasteiger partial charge in [0.25, 0.3) is 0 Å². The van der Waals surface area contributed by atoms with E-state index in [2.05, 4.69) is 18.0 Å². The summed E-state index contributed by atoms with van der Waals surface area (Å²) in [6.07, 6.45) is 5.87. The van der Waals surface area contributed by atoms with Crippen molar-refractivity contribution in [3.63, 3.8) is 0 Å². The zero-order chi connectivity index (χ0) is 15.2. The van der Waals surface area contributed by atoms with Crippen LogP contribution in [0.3, 0.4) is 0 Å². The van der Waals surface area contributed by atoms with Gasteiger partial charge in [-0.3, -0.25) is 4.79 Å². The van der Waals surface area contributed by atoms with Gasteiger partial charge in [-0.05, 0) is 24.5 Å². The van der Waals surface area contributed by atoms with Crippen LogP contribution >= 0.6 is 0 Å². The highest BCUT2D eigenvalue weighted by molar-refractivity contribution is 5.86. The number of carbonyl (C=O) groups is 1. The summed E-state index contributed by atoms with van der Waals surface area (Å²) in [7, 11) is 1.84. The molecule has 0 unspecified atom stereocenters. The zero-order valence-corrected chi connectivity index (χ0v) is 12.9. The molecule has 1 aromatic heterocycles. The number of aromatic amines is 1. The van der Waals surface area contributed by atoms with Crippen LogP contribution < -0.4 is 5.73 Å². The van der Waals surface area contributed by atoms with Gasteiger partial charge in [-0.25, -0.2) is 0 Å². The number of unbranched alkanes of at least 4 members (excludes halogenated alkanes) is 2. The number of fused-ring (bicyclic) bond motifs is 1. The van der Waals surface area contributed by atoms with E-state index >= 15 is 0 Å². The minimum absolute atomic E-state index is 0.0244. The van der Waals surface area contributed by atoms with Crippen molar-refractivity contribution >= 4 is 16.8 Å². The van der Waals surface area contributed by atoms with Crippen molar-refractivity contribution < 1.29 is 4.79 Å². The molecule has 4 nitrogen and oxygen atoms in total. The summed E-state index contributed by atoms with van der Waals surface area (Å²) in [5, 5.41) is 1.15. The molecule has 0 bridgehead atoms. The fourth-order valence-corrected chi connectivity index (χ4v) is 2.62. The van der Waals surface area contributed by atoms with Crippen molar-refractivity contribution in [1.82, 2.24) is 9.88 Å². The highest BCUT2D eigenvalue weighted by atomic mass is 16.2. The molecule has 2 rings (SSSR count). The Morgan fingerprint density at radius 1 is 1.33 bits per heavy atom. The second-order valence-corrected chi connectivity index (χ2v) is 5.64. The summed E-state index contributed by atoms with van der Waals surface area (Å²) < 4.78 is 0. The molecule has 0 radical (unpaired) electrons. The van der Waals surface area contributed by atoms with Gasteiger partial charge in [-0.2, -0.15) is 0 Å². The molecule has 0 aliphatic rings. The van der Waals surface area contributed by atoms with Gasteiger partial charge in [0.1, 0.15) is 0 Å². The van der Waals surface area contributed by atoms with Crippen LogP contribution in [0.1, 0.15) is 31.7 Å². The lowest BCUT2D eigenvalue weighted by molar-refractivity contribution is -0.131. The van der Waals surface area contributed by atoms with Crippen molar-refractivity contribution in [3.8, 4) is 0 Å². The molecule has 0 saturated carbocycles. The van der Waals surface area contributed by atoms with Crippen molar-refractivity contribution in [2.75, 3.05) is 13.6 Å². The molecular formula is C17H25N3O. The van der Waals surface area contributed by atoms with Gasteiger partial charge in [-0.15, -0.1) is 0 Å². The van der Waals surface area contributed by atoms with Gasteiger partial charge in [0.05, 0.1) is 6.04 Å². The average Bonchev–Trinajstić information content (AvgIpc) is 2.90. The number of hydrogen-bond acceptors (Lipinski definition) is 2. The van der Waals surface area contributed by atoms with E-state index in [4.69, 9.17) is 5.73 Å². The number of nitrogens with one attached hydrogen (secondary N) is 1. The Bertz CT molecular complexity index is 590. The number of carbonyl (C=O) groups excluding carboxylic acids is 1. The molecule has 1 aromatic carbocycles. The summed E-state index contributed by atoms with van der Waals surface area (Å²) >= 11 is 0. The van der Waals surface area contributed by atoms with Gasteiger partial charge >= 0.3 is 0 Å². The first-order valence-electron chi connectivity index (χ1n) is 7.69. The van der Waals surface area contributed by atoms with E-state index in [-0.39, 0.29) is 5.91 Å². The van der Waals surface area contributed by atoms with E-state index in [0.717, 1.165) is 42.3 Å². The molecule has 2 aromatic rings. The predicted octanol–water partition coefficient (Wildman–Crippen LogP) is 2.69. The van der Waals surface area contributed by atoms with E-state index < -0.39 is 6.04 Å². The van der Waals surface area contributed by atoms with Crippen molar-refractivity contribution in [2.24, 2.45) is 5.73 Å². The first-order chi connectivity index (χ1) is 10.1. The smallest absolute Gasteiger partial charge is 0.239 e. The van der Waals surface area contributed by atoms with E-state index in [9.17, 15) is 4.79 Å². The lowest BCUT2D eigenvalue weighted by Gasteiger charge is -2.21. The minimum atomic E-state index is -0.476. The Kier molecular flexibility index (Phi) is 5.39. The molecule has 1 amide bonds. The third-order valence-electron chi connectivity index (χ3n) is 3.91. The zero-order valence-electron chi connectivity index (χ0n) is 12.9. The Morgan fingerprint density at radius 3 is 2.86 bits per heavy atom. The number of nitrogens with two attached hydrogens (primary N) is 1. The number of nitrogens with zero attached hydrogens (tertiary/aromatic N) is 1. The summed E-state index contributed by atoms with van der Waals surface area (Å²) in [4.78, 5) is 17.3. The standard InChI is InChI=1S/C17H25N3O/c1-3-4-7-10-20(2)17(21)15(18)11-13-12-19-16-9-6-5-8-14(13)16/h5-6,8-9,12,15,19H,3-4,7,10-11,18H2,1-2H3/t15-/m1/s1. The van der Waals surface area contributed by atoms with Crippen LogP contribution in [0.5, 0.6) is 0 Å². The third-order valence-corrected chi connectivity index (χ3v) is 3.91.